The quantitative estimate of drug-likeness (QED) is 0.640. The Morgan fingerprint density at radius 1 is 1.12 bits per heavy atom. The van der Waals surface area contributed by atoms with Gasteiger partial charge in [-0.15, -0.1) is 0 Å². The Bertz CT molecular complexity index is 1220. The molecule has 166 valence electrons. The number of carbonyl (C=O) groups excluding carboxylic acids is 1. The summed E-state index contributed by atoms with van der Waals surface area (Å²) in [5.74, 6) is -0.620. The van der Waals surface area contributed by atoms with Crippen molar-refractivity contribution in [2.45, 2.75) is 39.3 Å². The molecule has 2 heterocycles. The zero-order chi connectivity index (χ0) is 22.7. The summed E-state index contributed by atoms with van der Waals surface area (Å²) >= 11 is 0. The Kier molecular flexibility index (Phi) is 6.32. The first-order chi connectivity index (χ1) is 15.4. The van der Waals surface area contributed by atoms with Gasteiger partial charge in [-0.05, 0) is 55.5 Å². The summed E-state index contributed by atoms with van der Waals surface area (Å²) in [4.78, 5) is 39.3. The molecule has 1 aliphatic heterocycles. The summed E-state index contributed by atoms with van der Waals surface area (Å²) in [6.07, 6.45) is 1.73. The molecule has 1 atom stereocenters. The van der Waals surface area contributed by atoms with Crippen LogP contribution < -0.4 is 16.6 Å². The molecule has 0 saturated carbocycles. The average molecular weight is 434 g/mol. The minimum Gasteiger partial charge on any atom is -0.376 e. The second kappa shape index (κ2) is 9.32. The maximum atomic E-state index is 13.3. The zero-order valence-corrected chi connectivity index (χ0v) is 18.2. The third kappa shape index (κ3) is 4.70. The predicted molar refractivity (Wildman–Crippen MR) is 120 cm³/mol. The van der Waals surface area contributed by atoms with Crippen molar-refractivity contribution in [3.63, 3.8) is 0 Å². The lowest BCUT2D eigenvalue weighted by Gasteiger charge is -2.14. The van der Waals surface area contributed by atoms with Gasteiger partial charge in [-0.3, -0.25) is 14.2 Å². The molecule has 8 heteroatoms. The van der Waals surface area contributed by atoms with Gasteiger partial charge in [0.15, 0.2) is 0 Å². The van der Waals surface area contributed by atoms with Crippen LogP contribution in [-0.2, 0) is 11.3 Å². The van der Waals surface area contributed by atoms with Crippen LogP contribution in [0.25, 0.3) is 5.69 Å². The lowest BCUT2D eigenvalue weighted by molar-refractivity contribution is 0.0849. The maximum Gasteiger partial charge on any atom is 0.352 e. The summed E-state index contributed by atoms with van der Waals surface area (Å²) in [7, 11) is 0. The smallest absolute Gasteiger partial charge is 0.352 e. The third-order valence-corrected chi connectivity index (χ3v) is 5.42. The van der Waals surface area contributed by atoms with Crippen molar-refractivity contribution in [3.8, 4) is 5.69 Å². The van der Waals surface area contributed by atoms with Crippen molar-refractivity contribution in [2.75, 3.05) is 13.2 Å². The molecule has 1 N–H and O–H groups in total. The van der Waals surface area contributed by atoms with E-state index in [2.05, 4.69) is 10.4 Å². The van der Waals surface area contributed by atoms with E-state index in [-0.39, 0.29) is 18.3 Å². The van der Waals surface area contributed by atoms with Gasteiger partial charge in [0.05, 0.1) is 18.3 Å². The molecular formula is C24H26N4O4. The van der Waals surface area contributed by atoms with Crippen molar-refractivity contribution in [2.24, 2.45) is 0 Å². The number of aryl methyl sites for hydroxylation is 2. The highest BCUT2D eigenvalue weighted by Gasteiger charge is 2.22. The number of ether oxygens (including phenoxy) is 1. The van der Waals surface area contributed by atoms with Crippen molar-refractivity contribution < 1.29 is 9.53 Å². The van der Waals surface area contributed by atoms with Gasteiger partial charge in [0, 0.05) is 13.2 Å². The lowest BCUT2D eigenvalue weighted by atomic mass is 10.1. The first-order valence-electron chi connectivity index (χ1n) is 10.7. The summed E-state index contributed by atoms with van der Waals surface area (Å²) in [6.45, 7) is 4.83. The fraction of sp³-hybridized carbons (Fsp3) is 0.333. The number of hydrogen-bond acceptors (Lipinski definition) is 5. The van der Waals surface area contributed by atoms with Gasteiger partial charge in [0.25, 0.3) is 11.5 Å². The van der Waals surface area contributed by atoms with Gasteiger partial charge >= 0.3 is 5.69 Å². The van der Waals surface area contributed by atoms with Gasteiger partial charge in [0.1, 0.15) is 0 Å². The molecule has 0 radical (unpaired) electrons. The highest BCUT2D eigenvalue weighted by molar-refractivity contribution is 5.91. The van der Waals surface area contributed by atoms with Crippen LogP contribution in [0.3, 0.4) is 0 Å². The Labute approximate surface area is 185 Å². The zero-order valence-electron chi connectivity index (χ0n) is 18.2. The van der Waals surface area contributed by atoms with E-state index in [0.717, 1.165) is 38.8 Å². The molecule has 4 rings (SSSR count). The second-order valence-electron chi connectivity index (χ2n) is 8.11. The number of benzene rings is 2. The average Bonchev–Trinajstić information content (AvgIpc) is 3.29. The first kappa shape index (κ1) is 21.7. The number of rotatable bonds is 6. The minimum atomic E-state index is -0.718. The van der Waals surface area contributed by atoms with E-state index in [0.29, 0.717) is 18.8 Å². The molecule has 0 unspecified atom stereocenters. The SMILES string of the molecule is Cc1cc(C)cc(-n2nc(C(=O)NC[C@H]3CCCO3)c(=O)n(Cc3ccccc3)c2=O)c1. The maximum absolute atomic E-state index is 13.3. The van der Waals surface area contributed by atoms with Crippen molar-refractivity contribution >= 4 is 5.91 Å². The Morgan fingerprint density at radius 3 is 2.50 bits per heavy atom. The summed E-state index contributed by atoms with van der Waals surface area (Å²) in [5.41, 5.74) is 1.53. The largest absolute Gasteiger partial charge is 0.376 e. The van der Waals surface area contributed by atoms with Crippen LogP contribution in [0, 0.1) is 13.8 Å². The number of nitrogens with one attached hydrogen (secondary N) is 1. The van der Waals surface area contributed by atoms with Gasteiger partial charge in [-0.25, -0.2) is 4.79 Å². The predicted octanol–water partition coefficient (Wildman–Crippen LogP) is 1.97. The van der Waals surface area contributed by atoms with Gasteiger partial charge < -0.3 is 10.1 Å². The molecule has 0 spiro atoms. The number of hydrogen-bond donors (Lipinski definition) is 1. The Balaban J connectivity index is 1.79. The van der Waals surface area contributed by atoms with E-state index in [1.165, 1.54) is 0 Å². The monoisotopic (exact) mass is 434 g/mol. The van der Waals surface area contributed by atoms with Crippen molar-refractivity contribution in [1.29, 1.82) is 0 Å². The molecule has 2 aromatic carbocycles. The van der Waals surface area contributed by atoms with E-state index in [1.54, 1.807) is 12.1 Å². The molecular weight excluding hydrogens is 408 g/mol. The van der Waals surface area contributed by atoms with Gasteiger partial charge in [-0.2, -0.15) is 9.78 Å². The summed E-state index contributed by atoms with van der Waals surface area (Å²) in [6, 6.07) is 14.7. The van der Waals surface area contributed by atoms with Crippen LogP contribution in [0.15, 0.2) is 58.1 Å². The van der Waals surface area contributed by atoms with Crippen LogP contribution in [0.2, 0.25) is 0 Å². The van der Waals surface area contributed by atoms with Crippen LogP contribution in [-0.4, -0.2) is 39.5 Å². The molecule has 3 aromatic rings. The van der Waals surface area contributed by atoms with Crippen LogP contribution in [0.4, 0.5) is 0 Å². The molecule has 1 saturated heterocycles. The van der Waals surface area contributed by atoms with Gasteiger partial charge in [-0.1, -0.05) is 36.4 Å². The molecule has 32 heavy (non-hydrogen) atoms. The van der Waals surface area contributed by atoms with E-state index in [4.69, 9.17) is 4.74 Å². The molecule has 8 nitrogen and oxygen atoms in total. The Hall–Kier alpha value is -3.52. The highest BCUT2D eigenvalue weighted by atomic mass is 16.5. The van der Waals surface area contributed by atoms with Crippen LogP contribution in [0.1, 0.15) is 40.0 Å². The third-order valence-electron chi connectivity index (χ3n) is 5.42. The first-order valence-corrected chi connectivity index (χ1v) is 10.7. The van der Waals surface area contributed by atoms with Gasteiger partial charge in [0.2, 0.25) is 5.69 Å². The number of amides is 1. The van der Waals surface area contributed by atoms with Crippen molar-refractivity contribution in [3.05, 3.63) is 91.8 Å². The van der Waals surface area contributed by atoms with Crippen molar-refractivity contribution in [1.82, 2.24) is 19.7 Å². The van der Waals surface area contributed by atoms with E-state index in [9.17, 15) is 14.4 Å². The molecule has 1 aromatic heterocycles. The molecule has 1 fully saturated rings. The topological polar surface area (TPSA) is 95.2 Å². The molecule has 1 amide bonds. The second-order valence-corrected chi connectivity index (χ2v) is 8.11. The number of aromatic nitrogens is 3. The summed E-state index contributed by atoms with van der Waals surface area (Å²) in [5, 5.41) is 6.93. The fourth-order valence-electron chi connectivity index (χ4n) is 3.90. The van der Waals surface area contributed by atoms with E-state index >= 15 is 0 Å². The van der Waals surface area contributed by atoms with E-state index in [1.807, 2.05) is 50.2 Å². The van der Waals surface area contributed by atoms with E-state index < -0.39 is 17.2 Å². The molecule has 0 bridgehead atoms. The highest BCUT2D eigenvalue weighted by Crippen LogP contribution is 2.12. The standard InChI is InChI=1S/C24H26N4O4/c1-16-11-17(2)13-19(12-16)28-24(31)27(15-18-7-4-3-5-8-18)23(30)21(26-28)22(29)25-14-20-9-6-10-32-20/h3-5,7-8,11-13,20H,6,9-10,14-15H2,1-2H3,(H,25,29)/t20-/m1/s1. The number of carbonyl (C=O) groups is 1. The summed E-state index contributed by atoms with van der Waals surface area (Å²) < 4.78 is 7.72. The Morgan fingerprint density at radius 2 is 1.84 bits per heavy atom. The fourth-order valence-corrected chi connectivity index (χ4v) is 3.90. The lowest BCUT2D eigenvalue weighted by Crippen LogP contribution is -2.46. The normalized spacial score (nSPS) is 15.6. The molecule has 1 aliphatic rings. The number of nitrogens with zero attached hydrogens (tertiary/aromatic N) is 3. The van der Waals surface area contributed by atoms with Crippen LogP contribution >= 0.6 is 0 Å². The minimum absolute atomic E-state index is 0.0395. The van der Waals surface area contributed by atoms with Crippen LogP contribution in [0.5, 0.6) is 0 Å². The molecule has 0 aliphatic carbocycles.